The second-order valence-electron chi connectivity index (χ2n) is 8.76. The van der Waals surface area contributed by atoms with Crippen molar-refractivity contribution in [2.24, 2.45) is 11.3 Å². The number of amides is 1. The molecule has 3 atom stereocenters. The van der Waals surface area contributed by atoms with E-state index in [4.69, 9.17) is 4.74 Å². The number of carbonyl (C=O) groups is 1. The molecule has 1 aromatic heterocycles. The topological polar surface area (TPSA) is 71.4 Å². The van der Waals surface area contributed by atoms with E-state index in [0.29, 0.717) is 18.5 Å². The van der Waals surface area contributed by atoms with E-state index in [9.17, 15) is 4.79 Å². The van der Waals surface area contributed by atoms with E-state index in [2.05, 4.69) is 32.0 Å². The molecule has 0 aromatic carbocycles. The zero-order chi connectivity index (χ0) is 19.6. The van der Waals surface area contributed by atoms with Gasteiger partial charge >= 0.3 is 0 Å². The van der Waals surface area contributed by atoms with E-state index >= 15 is 0 Å². The highest BCUT2D eigenvalue weighted by Gasteiger charge is 2.50. The number of carbonyl (C=O) groups excluding carboxylic acids is 1. The van der Waals surface area contributed by atoms with Crippen molar-refractivity contribution in [3.05, 3.63) is 17.7 Å². The average Bonchev–Trinajstić information content (AvgIpc) is 3.06. The molecule has 3 heterocycles. The van der Waals surface area contributed by atoms with E-state index in [0.717, 1.165) is 77.3 Å². The number of hydrogen-bond donors (Lipinski definition) is 2. The Morgan fingerprint density at radius 3 is 2.93 bits per heavy atom. The summed E-state index contributed by atoms with van der Waals surface area (Å²) >= 11 is 0. The van der Waals surface area contributed by atoms with Crippen LogP contribution in [0.1, 0.15) is 37.1 Å². The minimum absolute atomic E-state index is 0.235. The molecule has 2 saturated heterocycles. The number of imidazole rings is 1. The number of fused-ring (bicyclic) bond motifs is 1. The molecular weight excluding hydrogens is 354 g/mol. The van der Waals surface area contributed by atoms with Crippen molar-refractivity contribution in [3.8, 4) is 0 Å². The number of nitrogens with one attached hydrogen (secondary N) is 2. The number of hydrogen-bond acceptors (Lipinski definition) is 5. The normalized spacial score (nSPS) is 31.4. The molecule has 0 radical (unpaired) electrons. The van der Waals surface area contributed by atoms with Gasteiger partial charge in [-0.1, -0.05) is 0 Å². The molecule has 3 fully saturated rings. The van der Waals surface area contributed by atoms with Gasteiger partial charge in [0.25, 0.3) is 0 Å². The van der Waals surface area contributed by atoms with Crippen molar-refractivity contribution in [1.82, 2.24) is 25.1 Å². The SMILES string of the molecule is Cc1ncn(CCNC(=O)[C@@]23CC[C@H](N4CCOCC4)C[C@H]2CCNC3)c1C. The Hall–Kier alpha value is -1.44. The van der Waals surface area contributed by atoms with Crippen molar-refractivity contribution in [3.63, 3.8) is 0 Å². The van der Waals surface area contributed by atoms with Gasteiger partial charge in [0.15, 0.2) is 0 Å². The van der Waals surface area contributed by atoms with Gasteiger partial charge in [-0.15, -0.1) is 0 Å². The third-order valence-electron chi connectivity index (χ3n) is 7.37. The van der Waals surface area contributed by atoms with Crippen LogP contribution in [0.3, 0.4) is 0 Å². The lowest BCUT2D eigenvalue weighted by molar-refractivity contribution is -0.140. The summed E-state index contributed by atoms with van der Waals surface area (Å²) in [5, 5.41) is 6.77. The lowest BCUT2D eigenvalue weighted by Crippen LogP contribution is -2.60. The predicted octanol–water partition coefficient (Wildman–Crippen LogP) is 1.10. The predicted molar refractivity (Wildman–Crippen MR) is 108 cm³/mol. The van der Waals surface area contributed by atoms with Gasteiger partial charge in [0.2, 0.25) is 5.91 Å². The summed E-state index contributed by atoms with van der Waals surface area (Å²) in [6, 6.07) is 0.615. The largest absolute Gasteiger partial charge is 0.379 e. The molecule has 7 heteroatoms. The first kappa shape index (κ1) is 19.9. The fourth-order valence-electron chi connectivity index (χ4n) is 5.40. The van der Waals surface area contributed by atoms with Crippen LogP contribution in [-0.4, -0.2) is 72.3 Å². The van der Waals surface area contributed by atoms with Gasteiger partial charge in [-0.05, 0) is 52.0 Å². The molecule has 1 aliphatic carbocycles. The fourth-order valence-corrected chi connectivity index (χ4v) is 5.40. The Labute approximate surface area is 168 Å². The maximum atomic E-state index is 13.3. The molecule has 2 aliphatic heterocycles. The molecule has 4 rings (SSSR count). The standard InChI is InChI=1S/C21H35N5O2/c1-16-17(2)26(15-24-16)8-7-23-20(27)21-5-3-19(25-9-11-28-12-10-25)13-18(21)4-6-22-14-21/h15,18-19,22H,3-14H2,1-2H3,(H,23,27)/t18-,19+,21-/m1/s1. The summed E-state index contributed by atoms with van der Waals surface area (Å²) in [6.45, 7) is 11.2. The summed E-state index contributed by atoms with van der Waals surface area (Å²) in [5.74, 6) is 0.729. The molecule has 1 amide bonds. The number of piperidine rings is 1. The molecule has 156 valence electrons. The molecule has 7 nitrogen and oxygen atoms in total. The Kier molecular flexibility index (Phi) is 6.04. The number of aryl methyl sites for hydroxylation is 1. The highest BCUT2D eigenvalue weighted by molar-refractivity contribution is 5.83. The molecule has 2 N–H and O–H groups in total. The molecular formula is C21H35N5O2. The van der Waals surface area contributed by atoms with Crippen LogP contribution in [0.15, 0.2) is 6.33 Å². The zero-order valence-electron chi connectivity index (χ0n) is 17.4. The summed E-state index contributed by atoms with van der Waals surface area (Å²) in [7, 11) is 0. The first-order chi connectivity index (χ1) is 13.6. The summed E-state index contributed by atoms with van der Waals surface area (Å²) < 4.78 is 7.65. The molecule has 3 aliphatic rings. The fraction of sp³-hybridized carbons (Fsp3) is 0.810. The highest BCUT2D eigenvalue weighted by Crippen LogP contribution is 2.46. The first-order valence-electron chi connectivity index (χ1n) is 10.9. The Morgan fingerprint density at radius 2 is 2.18 bits per heavy atom. The highest BCUT2D eigenvalue weighted by atomic mass is 16.5. The average molecular weight is 390 g/mol. The van der Waals surface area contributed by atoms with Crippen LogP contribution in [0.5, 0.6) is 0 Å². The number of morpholine rings is 1. The second-order valence-corrected chi connectivity index (χ2v) is 8.76. The maximum absolute atomic E-state index is 13.3. The van der Waals surface area contributed by atoms with Crippen molar-refractivity contribution >= 4 is 5.91 Å². The van der Waals surface area contributed by atoms with Gasteiger partial charge < -0.3 is 19.9 Å². The molecule has 0 spiro atoms. The minimum atomic E-state index is -0.235. The van der Waals surface area contributed by atoms with Crippen LogP contribution in [0.25, 0.3) is 0 Å². The van der Waals surface area contributed by atoms with Gasteiger partial charge in [-0.3, -0.25) is 9.69 Å². The van der Waals surface area contributed by atoms with E-state index in [1.807, 2.05) is 13.3 Å². The van der Waals surface area contributed by atoms with Crippen LogP contribution in [0, 0.1) is 25.2 Å². The van der Waals surface area contributed by atoms with Gasteiger partial charge in [0.05, 0.1) is 30.7 Å². The van der Waals surface area contributed by atoms with Gasteiger partial charge in [-0.2, -0.15) is 0 Å². The van der Waals surface area contributed by atoms with Crippen LogP contribution in [-0.2, 0) is 16.1 Å². The number of rotatable bonds is 5. The smallest absolute Gasteiger partial charge is 0.227 e. The van der Waals surface area contributed by atoms with Crippen LogP contribution >= 0.6 is 0 Å². The second kappa shape index (κ2) is 8.51. The lowest BCUT2D eigenvalue weighted by Gasteiger charge is -2.50. The Morgan fingerprint density at radius 1 is 1.36 bits per heavy atom. The third kappa shape index (κ3) is 3.84. The van der Waals surface area contributed by atoms with Crippen molar-refractivity contribution in [2.45, 2.75) is 52.1 Å². The maximum Gasteiger partial charge on any atom is 0.227 e. The quantitative estimate of drug-likeness (QED) is 0.789. The number of aromatic nitrogens is 2. The molecule has 1 aromatic rings. The molecule has 1 saturated carbocycles. The van der Waals surface area contributed by atoms with Gasteiger partial charge in [-0.25, -0.2) is 4.98 Å². The summed E-state index contributed by atoms with van der Waals surface area (Å²) in [5.41, 5.74) is 2.00. The summed E-state index contributed by atoms with van der Waals surface area (Å²) in [6.07, 6.45) is 6.23. The minimum Gasteiger partial charge on any atom is -0.379 e. The Bertz CT molecular complexity index is 684. The van der Waals surface area contributed by atoms with Crippen molar-refractivity contribution in [1.29, 1.82) is 0 Å². The van der Waals surface area contributed by atoms with Crippen molar-refractivity contribution < 1.29 is 9.53 Å². The molecule has 0 bridgehead atoms. The molecule has 28 heavy (non-hydrogen) atoms. The molecule has 0 unspecified atom stereocenters. The van der Waals surface area contributed by atoms with Gasteiger partial charge in [0, 0.05) is 44.5 Å². The number of ether oxygens (including phenoxy) is 1. The monoisotopic (exact) mass is 389 g/mol. The zero-order valence-corrected chi connectivity index (χ0v) is 17.4. The van der Waals surface area contributed by atoms with E-state index in [-0.39, 0.29) is 11.3 Å². The van der Waals surface area contributed by atoms with E-state index in [1.165, 1.54) is 5.69 Å². The van der Waals surface area contributed by atoms with Crippen LogP contribution < -0.4 is 10.6 Å². The third-order valence-corrected chi connectivity index (χ3v) is 7.37. The van der Waals surface area contributed by atoms with E-state index in [1.54, 1.807) is 0 Å². The van der Waals surface area contributed by atoms with Crippen LogP contribution in [0.2, 0.25) is 0 Å². The van der Waals surface area contributed by atoms with Gasteiger partial charge in [0.1, 0.15) is 0 Å². The van der Waals surface area contributed by atoms with Crippen molar-refractivity contribution in [2.75, 3.05) is 45.9 Å². The Balaban J connectivity index is 1.37. The summed E-state index contributed by atoms with van der Waals surface area (Å²) in [4.78, 5) is 20.3. The first-order valence-corrected chi connectivity index (χ1v) is 10.9. The van der Waals surface area contributed by atoms with Crippen LogP contribution in [0.4, 0.5) is 0 Å². The van der Waals surface area contributed by atoms with E-state index < -0.39 is 0 Å². The number of nitrogens with zero attached hydrogens (tertiary/aromatic N) is 3. The lowest BCUT2D eigenvalue weighted by atomic mass is 9.61.